The fraction of sp³-hybridized carbons (Fsp3) is 0.200. The van der Waals surface area contributed by atoms with Crippen LogP contribution in [0.1, 0.15) is 11.4 Å². The van der Waals surface area contributed by atoms with E-state index < -0.39 is 0 Å². The lowest BCUT2D eigenvalue weighted by molar-refractivity contribution is 0.274. The van der Waals surface area contributed by atoms with E-state index in [1.165, 1.54) is 11.8 Å². The van der Waals surface area contributed by atoms with E-state index in [0.717, 1.165) is 28.1 Å². The van der Waals surface area contributed by atoms with Gasteiger partial charge in [-0.25, -0.2) is 0 Å². The van der Waals surface area contributed by atoms with Crippen molar-refractivity contribution in [3.63, 3.8) is 0 Å². The Morgan fingerprint density at radius 3 is 2.62 bits per heavy atom. The Morgan fingerprint density at radius 1 is 1.12 bits per heavy atom. The molecular weight excluding hydrogens is 344 g/mol. The standard InChI is InChI=1S/C20H22N4OS/c1-3-25-13-14-26-20-23-22-19(24(20)18-7-5-4-6-8-18)15-21-17-11-9-16(2)10-12-17/h3-12,21H,1,13-15H2,2H3. The molecule has 6 heteroatoms. The van der Waals surface area contributed by atoms with Crippen molar-refractivity contribution in [2.24, 2.45) is 0 Å². The van der Waals surface area contributed by atoms with E-state index in [4.69, 9.17) is 4.74 Å². The number of para-hydroxylation sites is 1. The van der Waals surface area contributed by atoms with Gasteiger partial charge in [-0.15, -0.1) is 10.2 Å². The van der Waals surface area contributed by atoms with Crippen LogP contribution in [0.4, 0.5) is 5.69 Å². The fourth-order valence-electron chi connectivity index (χ4n) is 2.46. The zero-order valence-corrected chi connectivity index (χ0v) is 15.6. The van der Waals surface area contributed by atoms with Gasteiger partial charge in [0, 0.05) is 17.1 Å². The zero-order valence-electron chi connectivity index (χ0n) is 14.8. The number of aromatic nitrogens is 3. The molecule has 0 aliphatic heterocycles. The monoisotopic (exact) mass is 366 g/mol. The van der Waals surface area contributed by atoms with Crippen LogP contribution >= 0.6 is 11.8 Å². The molecule has 0 bridgehead atoms. The van der Waals surface area contributed by atoms with Crippen molar-refractivity contribution in [3.8, 4) is 5.69 Å². The van der Waals surface area contributed by atoms with Crippen molar-refractivity contribution < 1.29 is 4.74 Å². The van der Waals surface area contributed by atoms with Crippen molar-refractivity contribution in [1.29, 1.82) is 0 Å². The van der Waals surface area contributed by atoms with Gasteiger partial charge in [0.1, 0.15) is 0 Å². The Labute approximate surface area is 158 Å². The first-order valence-corrected chi connectivity index (χ1v) is 9.42. The molecule has 1 aromatic heterocycles. The van der Waals surface area contributed by atoms with Gasteiger partial charge in [0.25, 0.3) is 0 Å². The van der Waals surface area contributed by atoms with Gasteiger partial charge < -0.3 is 10.1 Å². The van der Waals surface area contributed by atoms with E-state index in [-0.39, 0.29) is 0 Å². The number of rotatable bonds is 9. The van der Waals surface area contributed by atoms with Gasteiger partial charge in [0.2, 0.25) is 0 Å². The summed E-state index contributed by atoms with van der Waals surface area (Å²) in [5, 5.41) is 13.0. The summed E-state index contributed by atoms with van der Waals surface area (Å²) in [6.07, 6.45) is 1.46. The third-order valence-corrected chi connectivity index (χ3v) is 4.66. The van der Waals surface area contributed by atoms with E-state index in [1.54, 1.807) is 11.8 Å². The van der Waals surface area contributed by atoms with Gasteiger partial charge in [-0.2, -0.15) is 0 Å². The number of nitrogens with zero attached hydrogens (tertiary/aromatic N) is 3. The second-order valence-electron chi connectivity index (χ2n) is 5.68. The Morgan fingerprint density at radius 2 is 1.88 bits per heavy atom. The molecule has 1 N–H and O–H groups in total. The van der Waals surface area contributed by atoms with E-state index in [0.29, 0.717) is 13.2 Å². The molecule has 0 aliphatic carbocycles. The van der Waals surface area contributed by atoms with Crippen molar-refractivity contribution in [1.82, 2.24) is 14.8 Å². The van der Waals surface area contributed by atoms with Crippen LogP contribution in [-0.4, -0.2) is 27.1 Å². The Bertz CT molecular complexity index is 831. The van der Waals surface area contributed by atoms with E-state index in [2.05, 4.69) is 70.0 Å². The molecule has 0 saturated heterocycles. The lowest BCUT2D eigenvalue weighted by Gasteiger charge is -2.11. The van der Waals surface area contributed by atoms with Gasteiger partial charge in [-0.05, 0) is 31.2 Å². The highest BCUT2D eigenvalue weighted by molar-refractivity contribution is 7.99. The normalized spacial score (nSPS) is 10.5. The molecule has 0 spiro atoms. The molecule has 0 fully saturated rings. The molecule has 26 heavy (non-hydrogen) atoms. The van der Waals surface area contributed by atoms with E-state index in [1.807, 2.05) is 18.2 Å². The van der Waals surface area contributed by atoms with Crippen LogP contribution in [0.2, 0.25) is 0 Å². The summed E-state index contributed by atoms with van der Waals surface area (Å²) < 4.78 is 7.28. The second kappa shape index (κ2) is 9.10. The lowest BCUT2D eigenvalue weighted by Crippen LogP contribution is -2.08. The summed E-state index contributed by atoms with van der Waals surface area (Å²) in [7, 11) is 0. The Hall–Kier alpha value is -2.73. The predicted octanol–water partition coefficient (Wildman–Crippen LogP) is 4.44. The molecule has 2 aromatic carbocycles. The van der Waals surface area contributed by atoms with Crippen LogP contribution in [-0.2, 0) is 11.3 Å². The third kappa shape index (κ3) is 4.67. The average molecular weight is 366 g/mol. The molecule has 3 rings (SSSR count). The van der Waals surface area contributed by atoms with Crippen LogP contribution in [0.3, 0.4) is 0 Å². The van der Waals surface area contributed by atoms with E-state index in [9.17, 15) is 0 Å². The van der Waals surface area contributed by atoms with Gasteiger partial charge in [0.15, 0.2) is 11.0 Å². The van der Waals surface area contributed by atoms with Gasteiger partial charge in [-0.1, -0.05) is 54.2 Å². The maximum absolute atomic E-state index is 5.20. The summed E-state index contributed by atoms with van der Waals surface area (Å²) in [5.41, 5.74) is 3.35. The number of anilines is 1. The summed E-state index contributed by atoms with van der Waals surface area (Å²) in [6, 6.07) is 18.5. The minimum absolute atomic E-state index is 0.590. The van der Waals surface area contributed by atoms with Crippen molar-refractivity contribution >= 4 is 17.4 Å². The second-order valence-corrected chi connectivity index (χ2v) is 6.74. The third-order valence-electron chi connectivity index (χ3n) is 3.77. The molecule has 3 aromatic rings. The number of thioether (sulfide) groups is 1. The highest BCUT2D eigenvalue weighted by atomic mass is 32.2. The van der Waals surface area contributed by atoms with Gasteiger partial charge >= 0.3 is 0 Å². The highest BCUT2D eigenvalue weighted by Gasteiger charge is 2.14. The number of hydrogen-bond acceptors (Lipinski definition) is 5. The van der Waals surface area contributed by atoms with Crippen LogP contribution in [0, 0.1) is 6.92 Å². The Kier molecular flexibility index (Phi) is 6.33. The minimum atomic E-state index is 0.590. The number of benzene rings is 2. The van der Waals surface area contributed by atoms with E-state index >= 15 is 0 Å². The molecule has 0 unspecified atom stereocenters. The molecule has 0 amide bonds. The fourth-order valence-corrected chi connectivity index (χ4v) is 3.26. The summed E-state index contributed by atoms with van der Waals surface area (Å²) in [4.78, 5) is 0. The molecule has 1 heterocycles. The minimum Gasteiger partial charge on any atom is -0.501 e. The smallest absolute Gasteiger partial charge is 0.196 e. The lowest BCUT2D eigenvalue weighted by atomic mass is 10.2. The summed E-state index contributed by atoms with van der Waals surface area (Å²) in [6.45, 7) is 6.82. The summed E-state index contributed by atoms with van der Waals surface area (Å²) in [5.74, 6) is 1.64. The molecule has 0 saturated carbocycles. The highest BCUT2D eigenvalue weighted by Crippen LogP contribution is 2.22. The first-order chi connectivity index (χ1) is 12.8. The molecule has 134 valence electrons. The molecule has 0 radical (unpaired) electrons. The number of ether oxygens (including phenoxy) is 1. The quantitative estimate of drug-likeness (QED) is 0.345. The number of nitrogens with one attached hydrogen (secondary N) is 1. The molecule has 0 aliphatic rings. The first kappa shape index (κ1) is 18.1. The molecule has 0 atom stereocenters. The predicted molar refractivity (Wildman–Crippen MR) is 107 cm³/mol. The number of aryl methyl sites for hydroxylation is 1. The zero-order chi connectivity index (χ0) is 18.2. The topological polar surface area (TPSA) is 52.0 Å². The van der Waals surface area contributed by atoms with Crippen LogP contribution in [0.5, 0.6) is 0 Å². The maximum Gasteiger partial charge on any atom is 0.196 e. The van der Waals surface area contributed by atoms with Crippen molar-refractivity contribution in [2.45, 2.75) is 18.6 Å². The first-order valence-electron chi connectivity index (χ1n) is 8.43. The van der Waals surface area contributed by atoms with Gasteiger partial charge in [0.05, 0.1) is 19.4 Å². The van der Waals surface area contributed by atoms with Crippen LogP contribution in [0.15, 0.2) is 72.6 Å². The Balaban J connectivity index is 1.78. The van der Waals surface area contributed by atoms with Crippen molar-refractivity contribution in [3.05, 3.63) is 78.8 Å². The average Bonchev–Trinajstić information content (AvgIpc) is 3.08. The van der Waals surface area contributed by atoms with Crippen LogP contribution < -0.4 is 5.32 Å². The maximum atomic E-state index is 5.20. The van der Waals surface area contributed by atoms with Crippen LogP contribution in [0.25, 0.3) is 5.69 Å². The SMILES string of the molecule is C=COCCSc1nnc(CNc2ccc(C)cc2)n1-c1ccccc1. The van der Waals surface area contributed by atoms with Gasteiger partial charge in [-0.3, -0.25) is 4.57 Å². The number of hydrogen-bond donors (Lipinski definition) is 1. The van der Waals surface area contributed by atoms with Crippen molar-refractivity contribution in [2.75, 3.05) is 17.7 Å². The molecular formula is C20H22N4OS. The molecule has 5 nitrogen and oxygen atoms in total. The summed E-state index contributed by atoms with van der Waals surface area (Å²) >= 11 is 1.62. The largest absolute Gasteiger partial charge is 0.501 e.